The minimum atomic E-state index is -0.590. The van der Waals surface area contributed by atoms with Gasteiger partial charge in [-0.1, -0.05) is 66.5 Å². The van der Waals surface area contributed by atoms with Crippen molar-refractivity contribution in [2.24, 2.45) is 0 Å². The van der Waals surface area contributed by atoms with Crippen LogP contribution in [-0.4, -0.2) is 28.8 Å². The first-order valence-electron chi connectivity index (χ1n) is 9.90. The van der Waals surface area contributed by atoms with Crippen molar-refractivity contribution in [1.82, 2.24) is 10.2 Å². The molecule has 2 aromatic rings. The lowest BCUT2D eigenvalue weighted by Crippen LogP contribution is -2.50. The van der Waals surface area contributed by atoms with Crippen molar-refractivity contribution in [1.29, 1.82) is 0 Å². The maximum Gasteiger partial charge on any atom is 0.243 e. The molecule has 2 rings (SSSR count). The highest BCUT2D eigenvalue weighted by Crippen LogP contribution is 2.27. The van der Waals surface area contributed by atoms with Gasteiger partial charge in [0.15, 0.2) is 0 Å². The molecule has 1 atom stereocenters. The molecule has 4 nitrogen and oxygen atoms in total. The van der Waals surface area contributed by atoms with Crippen molar-refractivity contribution < 1.29 is 9.59 Å². The van der Waals surface area contributed by atoms with E-state index in [1.54, 1.807) is 23.1 Å². The quantitative estimate of drug-likeness (QED) is 0.584. The van der Waals surface area contributed by atoms with Gasteiger partial charge in [0, 0.05) is 34.6 Å². The summed E-state index contributed by atoms with van der Waals surface area (Å²) in [7, 11) is 0. The van der Waals surface area contributed by atoms with E-state index >= 15 is 0 Å². The predicted octanol–water partition coefficient (Wildman–Crippen LogP) is 5.26. The summed E-state index contributed by atoms with van der Waals surface area (Å²) in [5.41, 5.74) is 1.73. The zero-order valence-electron chi connectivity index (χ0n) is 17.1. The predicted molar refractivity (Wildman–Crippen MR) is 119 cm³/mol. The van der Waals surface area contributed by atoms with E-state index in [4.69, 9.17) is 23.2 Å². The minimum Gasteiger partial charge on any atom is -0.352 e. The third-order valence-electron chi connectivity index (χ3n) is 4.68. The van der Waals surface area contributed by atoms with E-state index in [0.29, 0.717) is 34.9 Å². The number of nitrogens with zero attached hydrogens (tertiary/aromatic N) is 1. The lowest BCUT2D eigenvalue weighted by Gasteiger charge is -2.31. The number of aryl methyl sites for hydroxylation is 1. The minimum absolute atomic E-state index is 0.0123. The summed E-state index contributed by atoms with van der Waals surface area (Å²) in [5.74, 6) is -0.269. The monoisotopic (exact) mass is 434 g/mol. The molecule has 1 N–H and O–H groups in total. The summed E-state index contributed by atoms with van der Waals surface area (Å²) in [6.07, 6.45) is 1.41. The third-order valence-corrected chi connectivity index (χ3v) is 5.39. The summed E-state index contributed by atoms with van der Waals surface area (Å²) in [6, 6.07) is 14.5. The van der Waals surface area contributed by atoms with Crippen molar-refractivity contribution >= 4 is 35.0 Å². The largest absolute Gasteiger partial charge is 0.352 e. The Kier molecular flexibility index (Phi) is 8.99. The smallest absolute Gasteiger partial charge is 0.243 e. The molecule has 1 unspecified atom stereocenters. The zero-order chi connectivity index (χ0) is 21.4. The van der Waals surface area contributed by atoms with Crippen molar-refractivity contribution in [2.45, 2.75) is 58.7 Å². The fraction of sp³-hybridized carbons (Fsp3) is 0.391. The molecule has 2 aromatic carbocycles. The number of hydrogen-bond acceptors (Lipinski definition) is 2. The fourth-order valence-electron chi connectivity index (χ4n) is 3.19. The van der Waals surface area contributed by atoms with Crippen molar-refractivity contribution in [3.8, 4) is 0 Å². The molecule has 0 saturated heterocycles. The first-order valence-corrected chi connectivity index (χ1v) is 10.7. The van der Waals surface area contributed by atoms with Gasteiger partial charge in [-0.15, -0.1) is 0 Å². The second kappa shape index (κ2) is 11.2. The van der Waals surface area contributed by atoms with Gasteiger partial charge in [-0.05, 0) is 44.4 Å². The number of rotatable bonds is 9. The van der Waals surface area contributed by atoms with Gasteiger partial charge in [-0.25, -0.2) is 0 Å². The number of carbonyl (C=O) groups is 2. The average Bonchev–Trinajstić information content (AvgIpc) is 2.68. The number of halogens is 2. The lowest BCUT2D eigenvalue weighted by molar-refractivity contribution is -0.141. The van der Waals surface area contributed by atoms with Crippen molar-refractivity contribution in [3.05, 3.63) is 69.7 Å². The molecule has 0 spiro atoms. The van der Waals surface area contributed by atoms with E-state index in [9.17, 15) is 9.59 Å². The maximum atomic E-state index is 13.2. The number of benzene rings is 2. The molecule has 29 heavy (non-hydrogen) atoms. The van der Waals surface area contributed by atoms with Crippen LogP contribution in [0, 0.1) is 0 Å². The molecule has 0 bridgehead atoms. The van der Waals surface area contributed by atoms with Gasteiger partial charge >= 0.3 is 0 Å². The summed E-state index contributed by atoms with van der Waals surface area (Å²) in [4.78, 5) is 27.6. The Morgan fingerprint density at radius 2 is 1.62 bits per heavy atom. The maximum absolute atomic E-state index is 13.2. The van der Waals surface area contributed by atoms with Crippen LogP contribution in [0.4, 0.5) is 0 Å². The summed E-state index contributed by atoms with van der Waals surface area (Å²) in [5, 5.41) is 3.89. The highest BCUT2D eigenvalue weighted by Gasteiger charge is 2.29. The Labute approximate surface area is 183 Å². The van der Waals surface area contributed by atoms with Gasteiger partial charge < -0.3 is 10.2 Å². The van der Waals surface area contributed by atoms with Crippen LogP contribution in [0.1, 0.15) is 44.7 Å². The number of amides is 2. The van der Waals surface area contributed by atoms with Crippen molar-refractivity contribution in [2.75, 3.05) is 0 Å². The second-order valence-corrected chi connectivity index (χ2v) is 8.11. The molecule has 0 aliphatic rings. The van der Waals surface area contributed by atoms with E-state index in [1.807, 2.05) is 51.1 Å². The average molecular weight is 435 g/mol. The molecule has 0 saturated carbocycles. The van der Waals surface area contributed by atoms with Gasteiger partial charge in [-0.2, -0.15) is 0 Å². The van der Waals surface area contributed by atoms with Crippen LogP contribution < -0.4 is 5.32 Å². The molecular weight excluding hydrogens is 407 g/mol. The summed E-state index contributed by atoms with van der Waals surface area (Å²) in [6.45, 7) is 5.89. The van der Waals surface area contributed by atoms with Gasteiger partial charge in [0.1, 0.15) is 6.04 Å². The Hall–Kier alpha value is -2.04. The van der Waals surface area contributed by atoms with E-state index in [1.165, 1.54) is 0 Å². The Bertz CT molecular complexity index is 805. The molecule has 0 radical (unpaired) electrons. The Morgan fingerprint density at radius 1 is 1.00 bits per heavy atom. The topological polar surface area (TPSA) is 49.4 Å². The number of nitrogens with one attached hydrogen (secondary N) is 1. The molecule has 0 aliphatic heterocycles. The lowest BCUT2D eigenvalue weighted by atomic mass is 10.1. The molecular formula is C23H28Cl2N2O2. The molecule has 0 aromatic heterocycles. The molecule has 0 aliphatic carbocycles. The summed E-state index contributed by atoms with van der Waals surface area (Å²) >= 11 is 12.7. The van der Waals surface area contributed by atoms with E-state index in [0.717, 1.165) is 5.56 Å². The summed E-state index contributed by atoms with van der Waals surface area (Å²) < 4.78 is 0. The molecule has 0 fully saturated rings. The Balaban J connectivity index is 2.27. The van der Waals surface area contributed by atoms with E-state index in [-0.39, 0.29) is 24.4 Å². The SMILES string of the molecule is CCC(C(=O)NC(C)C)N(Cc1c(Cl)cccc1Cl)C(=O)CCc1ccccc1. The van der Waals surface area contributed by atoms with Crippen LogP contribution in [0.3, 0.4) is 0 Å². The van der Waals surface area contributed by atoms with Gasteiger partial charge in [0.25, 0.3) is 0 Å². The van der Waals surface area contributed by atoms with Crippen LogP contribution >= 0.6 is 23.2 Å². The Morgan fingerprint density at radius 3 is 2.17 bits per heavy atom. The normalized spacial score (nSPS) is 11.9. The van der Waals surface area contributed by atoms with Gasteiger partial charge in [-0.3, -0.25) is 9.59 Å². The van der Waals surface area contributed by atoms with Crippen LogP contribution in [0.25, 0.3) is 0 Å². The second-order valence-electron chi connectivity index (χ2n) is 7.29. The van der Waals surface area contributed by atoms with Crippen LogP contribution in [0.15, 0.2) is 48.5 Å². The van der Waals surface area contributed by atoms with Crippen LogP contribution in [-0.2, 0) is 22.6 Å². The molecule has 6 heteroatoms. The highest BCUT2D eigenvalue weighted by molar-refractivity contribution is 6.36. The molecule has 2 amide bonds. The van der Waals surface area contributed by atoms with E-state index < -0.39 is 6.04 Å². The highest BCUT2D eigenvalue weighted by atomic mass is 35.5. The van der Waals surface area contributed by atoms with Gasteiger partial charge in [0.05, 0.1) is 0 Å². The fourth-order valence-corrected chi connectivity index (χ4v) is 3.71. The van der Waals surface area contributed by atoms with Gasteiger partial charge in [0.2, 0.25) is 11.8 Å². The van der Waals surface area contributed by atoms with Crippen LogP contribution in [0.5, 0.6) is 0 Å². The third kappa shape index (κ3) is 6.76. The van der Waals surface area contributed by atoms with Crippen LogP contribution in [0.2, 0.25) is 10.0 Å². The standard InChI is InChI=1S/C23H28Cl2N2O2/c1-4-21(23(29)26-16(2)3)27(15-18-19(24)11-8-12-20(18)25)22(28)14-13-17-9-6-5-7-10-17/h5-12,16,21H,4,13-15H2,1-3H3,(H,26,29). The number of carbonyl (C=O) groups excluding carboxylic acids is 2. The molecule has 0 heterocycles. The first-order chi connectivity index (χ1) is 13.8. The number of hydrogen-bond donors (Lipinski definition) is 1. The first kappa shape index (κ1) is 23.2. The van der Waals surface area contributed by atoms with Crippen molar-refractivity contribution in [3.63, 3.8) is 0 Å². The zero-order valence-corrected chi connectivity index (χ0v) is 18.6. The molecule has 156 valence electrons. The van der Waals surface area contributed by atoms with E-state index in [2.05, 4.69) is 5.32 Å².